The van der Waals surface area contributed by atoms with E-state index in [0.29, 0.717) is 32.8 Å². The van der Waals surface area contributed by atoms with Gasteiger partial charge in [-0.1, -0.05) is 29.3 Å². The SMILES string of the molecule is CNC(=O)[C@@H](C)N(Cc1ccc(Cl)cc1Cl)C(=O)CCCN(c1ccc2c(c1)OCO2)S(C)(=O)=O. The predicted molar refractivity (Wildman–Crippen MR) is 135 cm³/mol. The number of benzene rings is 2. The number of ether oxygens (including phenoxy) is 2. The maximum atomic E-state index is 13.2. The average Bonchev–Trinajstić information content (AvgIpc) is 3.27. The number of fused-ring (bicyclic) bond motifs is 1. The molecule has 0 aromatic heterocycles. The molecule has 0 fully saturated rings. The highest BCUT2D eigenvalue weighted by molar-refractivity contribution is 7.92. The minimum Gasteiger partial charge on any atom is -0.454 e. The highest BCUT2D eigenvalue weighted by Gasteiger charge is 2.27. The van der Waals surface area contributed by atoms with Crippen molar-refractivity contribution in [1.29, 1.82) is 0 Å². The molecule has 0 saturated carbocycles. The largest absolute Gasteiger partial charge is 0.454 e. The van der Waals surface area contributed by atoms with Crippen LogP contribution < -0.4 is 19.1 Å². The number of likely N-dealkylation sites (N-methyl/N-ethyl adjacent to an activating group) is 1. The van der Waals surface area contributed by atoms with Gasteiger partial charge in [-0.2, -0.15) is 0 Å². The molecule has 1 aliphatic heterocycles. The van der Waals surface area contributed by atoms with Crippen LogP contribution in [-0.2, 0) is 26.2 Å². The summed E-state index contributed by atoms with van der Waals surface area (Å²) in [5, 5.41) is 3.39. The van der Waals surface area contributed by atoms with Gasteiger partial charge in [-0.3, -0.25) is 13.9 Å². The van der Waals surface area contributed by atoms with Crippen molar-refractivity contribution in [3.05, 3.63) is 52.0 Å². The smallest absolute Gasteiger partial charge is 0.242 e. The quantitative estimate of drug-likeness (QED) is 0.492. The minimum absolute atomic E-state index is 0.0170. The van der Waals surface area contributed by atoms with E-state index >= 15 is 0 Å². The maximum Gasteiger partial charge on any atom is 0.242 e. The van der Waals surface area contributed by atoms with Crippen molar-refractivity contribution in [3.63, 3.8) is 0 Å². The Balaban J connectivity index is 1.74. The highest BCUT2D eigenvalue weighted by atomic mass is 35.5. The van der Waals surface area contributed by atoms with Crippen LogP contribution in [0, 0.1) is 0 Å². The summed E-state index contributed by atoms with van der Waals surface area (Å²) in [5.74, 6) is 0.350. The third kappa shape index (κ3) is 6.71. The summed E-state index contributed by atoms with van der Waals surface area (Å²) in [6, 6.07) is 9.02. The van der Waals surface area contributed by atoms with Gasteiger partial charge in [0, 0.05) is 42.7 Å². The molecule has 0 spiro atoms. The second kappa shape index (κ2) is 11.4. The van der Waals surface area contributed by atoms with Crippen LogP contribution in [0.2, 0.25) is 10.0 Å². The Morgan fingerprint density at radius 1 is 1.11 bits per heavy atom. The third-order valence-electron chi connectivity index (χ3n) is 5.57. The van der Waals surface area contributed by atoms with Gasteiger partial charge in [0.2, 0.25) is 28.6 Å². The second-order valence-electron chi connectivity index (χ2n) is 8.02. The lowest BCUT2D eigenvalue weighted by molar-refractivity contribution is -0.140. The van der Waals surface area contributed by atoms with Crippen molar-refractivity contribution in [2.45, 2.75) is 32.4 Å². The van der Waals surface area contributed by atoms with Crippen molar-refractivity contribution in [2.75, 3.05) is 30.9 Å². The molecule has 1 atom stereocenters. The molecule has 2 aromatic carbocycles. The summed E-state index contributed by atoms with van der Waals surface area (Å²) < 4.78 is 36.8. The van der Waals surface area contributed by atoms with Gasteiger partial charge >= 0.3 is 0 Å². The molecule has 1 aliphatic rings. The molecule has 1 N–H and O–H groups in total. The Morgan fingerprint density at radius 2 is 1.83 bits per heavy atom. The number of nitrogens with one attached hydrogen (secondary N) is 1. The Bertz CT molecular complexity index is 1210. The van der Waals surface area contributed by atoms with E-state index in [9.17, 15) is 18.0 Å². The summed E-state index contributed by atoms with van der Waals surface area (Å²) in [6.45, 7) is 1.86. The normalized spacial score (nSPS) is 13.3. The highest BCUT2D eigenvalue weighted by Crippen LogP contribution is 2.36. The van der Waals surface area contributed by atoms with Gasteiger partial charge in [-0.15, -0.1) is 0 Å². The lowest BCUT2D eigenvalue weighted by Gasteiger charge is -2.29. The third-order valence-corrected chi connectivity index (χ3v) is 7.35. The fourth-order valence-electron chi connectivity index (χ4n) is 3.67. The summed E-state index contributed by atoms with van der Waals surface area (Å²) in [7, 11) is -2.14. The molecule has 0 radical (unpaired) electrons. The van der Waals surface area contributed by atoms with E-state index in [1.54, 1.807) is 43.3 Å². The molecule has 0 unspecified atom stereocenters. The zero-order valence-electron chi connectivity index (χ0n) is 19.6. The Hall–Kier alpha value is -2.69. The van der Waals surface area contributed by atoms with Gasteiger partial charge in [-0.25, -0.2) is 8.42 Å². The molecule has 2 aromatic rings. The van der Waals surface area contributed by atoms with E-state index in [1.807, 2.05) is 0 Å². The summed E-state index contributed by atoms with van der Waals surface area (Å²) in [6.07, 6.45) is 1.34. The van der Waals surface area contributed by atoms with Gasteiger partial charge in [0.05, 0.1) is 11.9 Å². The number of hydrogen-bond donors (Lipinski definition) is 1. The van der Waals surface area contributed by atoms with Crippen molar-refractivity contribution >= 4 is 50.7 Å². The number of nitrogens with zero attached hydrogens (tertiary/aromatic N) is 2. The molecule has 3 rings (SSSR count). The number of halogens is 2. The second-order valence-corrected chi connectivity index (χ2v) is 10.8. The molecule has 190 valence electrons. The summed E-state index contributed by atoms with van der Waals surface area (Å²) in [5.41, 5.74) is 1.05. The van der Waals surface area contributed by atoms with E-state index in [-0.39, 0.29) is 44.5 Å². The van der Waals surface area contributed by atoms with Crippen LogP contribution in [0.25, 0.3) is 0 Å². The van der Waals surface area contributed by atoms with E-state index in [1.165, 1.54) is 16.3 Å². The fraction of sp³-hybridized carbons (Fsp3) is 0.391. The van der Waals surface area contributed by atoms with E-state index in [4.69, 9.17) is 32.7 Å². The number of carbonyl (C=O) groups is 2. The van der Waals surface area contributed by atoms with Crippen molar-refractivity contribution < 1.29 is 27.5 Å². The molecule has 2 amide bonds. The number of rotatable bonds is 10. The first-order valence-corrected chi connectivity index (χ1v) is 13.4. The maximum absolute atomic E-state index is 13.2. The van der Waals surface area contributed by atoms with Crippen LogP contribution in [0.3, 0.4) is 0 Å². The number of amides is 2. The van der Waals surface area contributed by atoms with Gasteiger partial charge in [0.15, 0.2) is 11.5 Å². The molecule has 12 heteroatoms. The first-order chi connectivity index (χ1) is 16.5. The predicted octanol–water partition coefficient (Wildman–Crippen LogP) is 3.43. The molecular formula is C23H27Cl2N3O6S. The standard InChI is InChI=1S/C23H27Cl2N3O6S/c1-15(23(30)26-2)27(13-16-6-7-17(24)11-19(16)25)22(29)5-4-10-28(35(3,31)32)18-8-9-20-21(12-18)34-14-33-20/h6-9,11-12,15H,4-5,10,13-14H2,1-3H3,(H,26,30)/t15-/m1/s1. The fourth-order valence-corrected chi connectivity index (χ4v) is 5.09. The Morgan fingerprint density at radius 3 is 2.49 bits per heavy atom. The van der Waals surface area contributed by atoms with Crippen LogP contribution in [0.15, 0.2) is 36.4 Å². The Labute approximate surface area is 214 Å². The average molecular weight is 544 g/mol. The van der Waals surface area contributed by atoms with Crippen LogP contribution >= 0.6 is 23.2 Å². The van der Waals surface area contributed by atoms with Gasteiger partial charge < -0.3 is 19.7 Å². The van der Waals surface area contributed by atoms with Crippen molar-refractivity contribution in [1.82, 2.24) is 10.2 Å². The molecule has 35 heavy (non-hydrogen) atoms. The van der Waals surface area contributed by atoms with Crippen LogP contribution in [0.5, 0.6) is 11.5 Å². The lowest BCUT2D eigenvalue weighted by Crippen LogP contribution is -2.46. The zero-order valence-corrected chi connectivity index (χ0v) is 21.9. The minimum atomic E-state index is -3.63. The number of carbonyl (C=O) groups excluding carboxylic acids is 2. The topological polar surface area (TPSA) is 105 Å². The van der Waals surface area contributed by atoms with Gasteiger partial charge in [0.1, 0.15) is 6.04 Å². The van der Waals surface area contributed by atoms with Gasteiger partial charge in [0.25, 0.3) is 0 Å². The number of hydrogen-bond acceptors (Lipinski definition) is 6. The Kier molecular flexibility index (Phi) is 8.74. The molecule has 0 saturated heterocycles. The summed E-state index contributed by atoms with van der Waals surface area (Å²) in [4.78, 5) is 26.9. The molecule has 1 heterocycles. The first kappa shape index (κ1) is 26.9. The van der Waals surface area contributed by atoms with Gasteiger partial charge in [-0.05, 0) is 43.2 Å². The van der Waals surface area contributed by atoms with Crippen molar-refractivity contribution in [3.8, 4) is 11.5 Å². The van der Waals surface area contributed by atoms with Crippen LogP contribution in [0.4, 0.5) is 5.69 Å². The zero-order chi connectivity index (χ0) is 25.8. The lowest BCUT2D eigenvalue weighted by atomic mass is 10.1. The first-order valence-electron chi connectivity index (χ1n) is 10.8. The molecule has 0 bridgehead atoms. The number of anilines is 1. The number of sulfonamides is 1. The summed E-state index contributed by atoms with van der Waals surface area (Å²) >= 11 is 12.3. The van der Waals surface area contributed by atoms with E-state index in [0.717, 1.165) is 6.26 Å². The monoisotopic (exact) mass is 543 g/mol. The van der Waals surface area contributed by atoms with Crippen molar-refractivity contribution in [2.24, 2.45) is 0 Å². The van der Waals surface area contributed by atoms with Crippen LogP contribution in [0.1, 0.15) is 25.3 Å². The van der Waals surface area contributed by atoms with E-state index in [2.05, 4.69) is 5.32 Å². The molecule has 9 nitrogen and oxygen atoms in total. The van der Waals surface area contributed by atoms with E-state index < -0.39 is 16.1 Å². The molecule has 0 aliphatic carbocycles. The molecular weight excluding hydrogens is 517 g/mol. The van der Waals surface area contributed by atoms with Crippen LogP contribution in [-0.4, -0.2) is 57.8 Å².